The van der Waals surface area contributed by atoms with Crippen LogP contribution in [0, 0.1) is 0 Å². The maximum Gasteiger partial charge on any atom is 0.326 e. The molecule has 1 aliphatic carbocycles. The van der Waals surface area contributed by atoms with Gasteiger partial charge >= 0.3 is 5.97 Å². The summed E-state index contributed by atoms with van der Waals surface area (Å²) in [6.45, 7) is 4.10. The Morgan fingerprint density at radius 2 is 2.11 bits per heavy atom. The quantitative estimate of drug-likeness (QED) is 0.783. The van der Waals surface area contributed by atoms with Crippen LogP contribution in [-0.2, 0) is 14.3 Å². The Labute approximate surface area is 120 Å². The average Bonchev–Trinajstić information content (AvgIpc) is 2.85. The van der Waals surface area contributed by atoms with Gasteiger partial charge in [0.1, 0.15) is 5.54 Å². The number of carbonyl (C=O) groups is 1. The first-order chi connectivity index (χ1) is 9.20. The summed E-state index contributed by atoms with van der Waals surface area (Å²) >= 11 is 2.05. The first-order valence-electron chi connectivity index (χ1n) is 7.29. The smallest absolute Gasteiger partial charge is 0.326 e. The number of hydrogen-bond acceptors (Lipinski definition) is 5. The van der Waals surface area contributed by atoms with E-state index in [1.54, 1.807) is 0 Å². The molecule has 0 bridgehead atoms. The molecule has 1 N–H and O–H groups in total. The summed E-state index contributed by atoms with van der Waals surface area (Å²) in [4.78, 5) is 12.1. The molecule has 110 valence electrons. The van der Waals surface area contributed by atoms with Gasteiger partial charge in [0, 0.05) is 23.7 Å². The van der Waals surface area contributed by atoms with Gasteiger partial charge in [-0.25, -0.2) is 0 Å². The third-order valence-corrected chi connectivity index (χ3v) is 5.81. The molecule has 0 radical (unpaired) electrons. The Morgan fingerprint density at radius 1 is 1.37 bits per heavy atom. The third kappa shape index (κ3) is 3.64. The molecule has 4 nitrogen and oxygen atoms in total. The molecule has 1 saturated carbocycles. The van der Waals surface area contributed by atoms with Crippen LogP contribution in [0.1, 0.15) is 39.0 Å². The molecule has 2 fully saturated rings. The van der Waals surface area contributed by atoms with E-state index >= 15 is 0 Å². The van der Waals surface area contributed by atoms with E-state index in [4.69, 9.17) is 9.47 Å². The largest absolute Gasteiger partial charge is 0.465 e. The molecule has 2 aliphatic rings. The van der Waals surface area contributed by atoms with Crippen molar-refractivity contribution in [1.82, 2.24) is 5.32 Å². The molecular weight excluding hydrogens is 262 g/mol. The van der Waals surface area contributed by atoms with Crippen LogP contribution < -0.4 is 5.32 Å². The van der Waals surface area contributed by atoms with E-state index in [1.165, 1.54) is 0 Å². The standard InChI is InChI=1S/C14H25NO3S/c1-3-18-13(16)14(15-2)7-4-12(10-14)19-11-5-8-17-9-6-11/h11-12,15H,3-10H2,1-2H3. The highest BCUT2D eigenvalue weighted by molar-refractivity contribution is 8.00. The minimum absolute atomic E-state index is 0.0763. The second-order valence-electron chi connectivity index (χ2n) is 5.37. The Balaban J connectivity index is 1.87. The van der Waals surface area contributed by atoms with Crippen LogP contribution in [-0.4, -0.2) is 48.9 Å². The van der Waals surface area contributed by atoms with Crippen LogP contribution in [0.2, 0.25) is 0 Å². The number of hydrogen-bond donors (Lipinski definition) is 1. The van der Waals surface area contributed by atoms with Gasteiger partial charge in [-0.1, -0.05) is 0 Å². The summed E-state index contributed by atoms with van der Waals surface area (Å²) in [5.74, 6) is -0.0763. The third-order valence-electron chi connectivity index (χ3n) is 4.17. The number of likely N-dealkylation sites (N-methyl/N-ethyl adjacent to an activating group) is 1. The van der Waals surface area contributed by atoms with E-state index in [-0.39, 0.29) is 5.97 Å². The fraction of sp³-hybridized carbons (Fsp3) is 0.929. The molecule has 0 aromatic heterocycles. The highest BCUT2D eigenvalue weighted by Crippen LogP contribution is 2.41. The van der Waals surface area contributed by atoms with Crippen LogP contribution in [0.25, 0.3) is 0 Å². The van der Waals surface area contributed by atoms with Crippen molar-refractivity contribution in [3.05, 3.63) is 0 Å². The van der Waals surface area contributed by atoms with Gasteiger partial charge in [-0.15, -0.1) is 0 Å². The molecule has 2 unspecified atom stereocenters. The van der Waals surface area contributed by atoms with Gasteiger partial charge in [0.05, 0.1) is 6.61 Å². The van der Waals surface area contributed by atoms with Crippen LogP contribution in [0.5, 0.6) is 0 Å². The first kappa shape index (κ1) is 15.1. The highest BCUT2D eigenvalue weighted by atomic mass is 32.2. The second kappa shape index (κ2) is 6.95. The Hall–Kier alpha value is -0.260. The summed E-state index contributed by atoms with van der Waals surface area (Å²) in [6.07, 6.45) is 5.18. The first-order valence-corrected chi connectivity index (χ1v) is 8.24. The molecule has 0 aromatic rings. The van der Waals surface area contributed by atoms with Crippen LogP contribution in [0.4, 0.5) is 0 Å². The topological polar surface area (TPSA) is 47.6 Å². The molecule has 1 saturated heterocycles. The fourth-order valence-corrected chi connectivity index (χ4v) is 4.63. The molecule has 0 amide bonds. The molecule has 2 rings (SSSR count). The van der Waals surface area contributed by atoms with E-state index in [0.29, 0.717) is 17.1 Å². The van der Waals surface area contributed by atoms with Crippen LogP contribution in [0.15, 0.2) is 0 Å². The maximum absolute atomic E-state index is 12.1. The molecule has 5 heteroatoms. The van der Waals surface area contributed by atoms with Gasteiger partial charge in [0.2, 0.25) is 0 Å². The molecule has 1 aliphatic heterocycles. The minimum atomic E-state index is -0.446. The fourth-order valence-electron chi connectivity index (χ4n) is 2.98. The summed E-state index contributed by atoms with van der Waals surface area (Å²) in [6, 6.07) is 0. The molecular formula is C14H25NO3S. The lowest BCUT2D eigenvalue weighted by molar-refractivity contribution is -0.150. The van der Waals surface area contributed by atoms with Crippen molar-refractivity contribution in [3.8, 4) is 0 Å². The van der Waals surface area contributed by atoms with Gasteiger partial charge < -0.3 is 14.8 Å². The van der Waals surface area contributed by atoms with Gasteiger partial charge in [0.15, 0.2) is 0 Å². The van der Waals surface area contributed by atoms with Crippen molar-refractivity contribution < 1.29 is 14.3 Å². The SMILES string of the molecule is CCOC(=O)C1(NC)CCC(SC2CCOCC2)C1. The van der Waals surface area contributed by atoms with Crippen LogP contribution >= 0.6 is 11.8 Å². The number of ether oxygens (including phenoxy) is 2. The van der Waals surface area contributed by atoms with E-state index in [1.807, 2.05) is 14.0 Å². The number of thioether (sulfide) groups is 1. The van der Waals surface area contributed by atoms with E-state index in [0.717, 1.165) is 45.3 Å². The number of nitrogens with one attached hydrogen (secondary N) is 1. The van der Waals surface area contributed by atoms with Gasteiger partial charge in [0.25, 0.3) is 0 Å². The van der Waals surface area contributed by atoms with Crippen molar-refractivity contribution in [2.24, 2.45) is 0 Å². The van der Waals surface area contributed by atoms with E-state index in [2.05, 4.69) is 17.1 Å². The van der Waals surface area contributed by atoms with Crippen molar-refractivity contribution in [2.75, 3.05) is 26.9 Å². The Morgan fingerprint density at radius 3 is 2.74 bits per heavy atom. The van der Waals surface area contributed by atoms with Crippen molar-refractivity contribution in [3.63, 3.8) is 0 Å². The van der Waals surface area contributed by atoms with Gasteiger partial charge in [-0.3, -0.25) is 4.79 Å². The Kier molecular flexibility index (Phi) is 5.54. The summed E-state index contributed by atoms with van der Waals surface area (Å²) in [5, 5.41) is 4.49. The summed E-state index contributed by atoms with van der Waals surface area (Å²) < 4.78 is 10.6. The summed E-state index contributed by atoms with van der Waals surface area (Å²) in [5.41, 5.74) is -0.446. The molecule has 0 spiro atoms. The van der Waals surface area contributed by atoms with Gasteiger partial charge in [-0.2, -0.15) is 11.8 Å². The normalized spacial score (nSPS) is 32.4. The lowest BCUT2D eigenvalue weighted by atomic mass is 9.98. The van der Waals surface area contributed by atoms with E-state index < -0.39 is 5.54 Å². The lowest BCUT2D eigenvalue weighted by Crippen LogP contribution is -2.49. The van der Waals surface area contributed by atoms with Crippen LogP contribution in [0.3, 0.4) is 0 Å². The number of carbonyl (C=O) groups excluding carboxylic acids is 1. The zero-order chi connectivity index (χ0) is 13.7. The second-order valence-corrected chi connectivity index (χ2v) is 6.97. The zero-order valence-corrected chi connectivity index (χ0v) is 12.8. The number of esters is 1. The molecule has 1 heterocycles. The predicted octanol–water partition coefficient (Wildman–Crippen LogP) is 1.97. The minimum Gasteiger partial charge on any atom is -0.465 e. The van der Waals surface area contributed by atoms with Crippen molar-refractivity contribution in [1.29, 1.82) is 0 Å². The highest BCUT2D eigenvalue weighted by Gasteiger charge is 2.46. The molecule has 0 aromatic carbocycles. The zero-order valence-electron chi connectivity index (χ0n) is 11.9. The predicted molar refractivity (Wildman–Crippen MR) is 77.5 cm³/mol. The van der Waals surface area contributed by atoms with Gasteiger partial charge in [-0.05, 0) is 46.1 Å². The Bertz CT molecular complexity index is 307. The number of rotatable bonds is 5. The maximum atomic E-state index is 12.1. The van der Waals surface area contributed by atoms with Crippen molar-refractivity contribution in [2.45, 2.75) is 55.1 Å². The summed E-state index contributed by atoms with van der Waals surface area (Å²) in [7, 11) is 1.87. The molecule has 2 atom stereocenters. The van der Waals surface area contributed by atoms with Crippen molar-refractivity contribution >= 4 is 17.7 Å². The van der Waals surface area contributed by atoms with E-state index in [9.17, 15) is 4.79 Å². The average molecular weight is 287 g/mol. The lowest BCUT2D eigenvalue weighted by Gasteiger charge is -2.28. The molecule has 19 heavy (non-hydrogen) atoms. The monoisotopic (exact) mass is 287 g/mol.